The molecule has 0 aliphatic carbocycles. The number of aromatic nitrogens is 3. The van der Waals surface area contributed by atoms with Crippen LogP contribution < -0.4 is 5.73 Å². The highest BCUT2D eigenvalue weighted by Crippen LogP contribution is 2.27. The zero-order valence-electron chi connectivity index (χ0n) is 9.97. The molecule has 2 aromatic heterocycles. The molecule has 96 valence electrons. The van der Waals surface area contributed by atoms with Crippen molar-refractivity contribution in [3.05, 3.63) is 23.8 Å². The molecule has 3 heterocycles. The molecule has 0 radical (unpaired) electrons. The molecule has 0 aromatic carbocycles. The van der Waals surface area contributed by atoms with Crippen LogP contribution in [0.2, 0.25) is 0 Å². The van der Waals surface area contributed by atoms with Gasteiger partial charge in [0.25, 0.3) is 0 Å². The number of ether oxygens (including phenoxy) is 1. The molecule has 1 fully saturated rings. The Morgan fingerprint density at radius 2 is 2.33 bits per heavy atom. The molecule has 0 bridgehead atoms. The lowest BCUT2D eigenvalue weighted by molar-refractivity contribution is -0.0372. The molecule has 3 rings (SSSR count). The van der Waals surface area contributed by atoms with Crippen LogP contribution in [0, 0.1) is 5.95 Å². The van der Waals surface area contributed by atoms with Crippen molar-refractivity contribution in [2.24, 2.45) is 5.73 Å². The number of fused-ring (bicyclic) bond motifs is 1. The largest absolute Gasteiger partial charge is 0.356 e. The summed E-state index contributed by atoms with van der Waals surface area (Å²) in [6, 6.07) is 3.00. The van der Waals surface area contributed by atoms with Crippen molar-refractivity contribution in [2.45, 2.75) is 32.0 Å². The van der Waals surface area contributed by atoms with Gasteiger partial charge in [-0.1, -0.05) is 0 Å². The highest BCUT2D eigenvalue weighted by Gasteiger charge is 2.21. The van der Waals surface area contributed by atoms with Crippen LogP contribution in [0.3, 0.4) is 0 Å². The normalized spacial score (nSPS) is 20.4. The maximum absolute atomic E-state index is 13.3. The molecule has 0 saturated carbocycles. The number of nitrogens with two attached hydrogens (primary N) is 1. The quantitative estimate of drug-likeness (QED) is 0.824. The standard InChI is InChI=1S/C12H15FN4O/c13-10-5-4-8-9(7-14)16-17(12(8)15-10)11-3-1-2-6-18-11/h4-5,11H,1-3,6-7,14H2. The van der Waals surface area contributed by atoms with Gasteiger partial charge in [-0.05, 0) is 31.4 Å². The fourth-order valence-corrected chi connectivity index (χ4v) is 2.32. The van der Waals surface area contributed by atoms with Crippen molar-refractivity contribution >= 4 is 11.0 Å². The molecule has 1 aliphatic rings. The smallest absolute Gasteiger partial charge is 0.214 e. The van der Waals surface area contributed by atoms with E-state index >= 15 is 0 Å². The molecule has 5 nitrogen and oxygen atoms in total. The first-order chi connectivity index (χ1) is 8.79. The van der Waals surface area contributed by atoms with Crippen LogP contribution in [0.25, 0.3) is 11.0 Å². The van der Waals surface area contributed by atoms with E-state index in [1.807, 2.05) is 0 Å². The lowest BCUT2D eigenvalue weighted by atomic mass is 10.2. The molecule has 1 atom stereocenters. The predicted molar refractivity (Wildman–Crippen MR) is 64.2 cm³/mol. The van der Waals surface area contributed by atoms with Gasteiger partial charge in [-0.25, -0.2) is 4.68 Å². The number of rotatable bonds is 2. The van der Waals surface area contributed by atoms with E-state index in [-0.39, 0.29) is 6.23 Å². The molecule has 2 aromatic rings. The van der Waals surface area contributed by atoms with Gasteiger partial charge in [0.2, 0.25) is 5.95 Å². The van der Waals surface area contributed by atoms with Crippen molar-refractivity contribution in [3.8, 4) is 0 Å². The summed E-state index contributed by atoms with van der Waals surface area (Å²) in [5.74, 6) is -0.511. The summed E-state index contributed by atoms with van der Waals surface area (Å²) in [5.41, 5.74) is 6.90. The molecule has 18 heavy (non-hydrogen) atoms. The van der Waals surface area contributed by atoms with Crippen molar-refractivity contribution in [3.63, 3.8) is 0 Å². The van der Waals surface area contributed by atoms with Gasteiger partial charge < -0.3 is 10.5 Å². The number of halogens is 1. The Hall–Kier alpha value is -1.53. The number of hydrogen-bond donors (Lipinski definition) is 1. The molecule has 1 saturated heterocycles. The van der Waals surface area contributed by atoms with Gasteiger partial charge in [-0.15, -0.1) is 0 Å². The first-order valence-electron chi connectivity index (χ1n) is 6.15. The SMILES string of the molecule is NCc1nn(C2CCCCO2)c2nc(F)ccc12. The minimum atomic E-state index is -0.511. The zero-order chi connectivity index (χ0) is 12.5. The maximum Gasteiger partial charge on any atom is 0.214 e. The van der Waals surface area contributed by atoms with Crippen LogP contribution in [-0.2, 0) is 11.3 Å². The Labute approximate surface area is 104 Å². The van der Waals surface area contributed by atoms with Gasteiger partial charge in [-0.3, -0.25) is 0 Å². The summed E-state index contributed by atoms with van der Waals surface area (Å²) >= 11 is 0. The number of nitrogens with zero attached hydrogens (tertiary/aromatic N) is 3. The summed E-state index contributed by atoms with van der Waals surface area (Å²) in [4.78, 5) is 3.92. The van der Waals surface area contributed by atoms with E-state index in [1.165, 1.54) is 6.07 Å². The number of hydrogen-bond acceptors (Lipinski definition) is 4. The molecular weight excluding hydrogens is 235 g/mol. The first kappa shape index (κ1) is 11.6. The van der Waals surface area contributed by atoms with Crippen LogP contribution in [-0.4, -0.2) is 21.4 Å². The summed E-state index contributed by atoms with van der Waals surface area (Å²) in [6.07, 6.45) is 2.86. The molecule has 6 heteroatoms. The Morgan fingerprint density at radius 1 is 1.44 bits per heavy atom. The topological polar surface area (TPSA) is 66.0 Å². The lowest BCUT2D eigenvalue weighted by Crippen LogP contribution is -2.19. The fourth-order valence-electron chi connectivity index (χ4n) is 2.32. The second-order valence-electron chi connectivity index (χ2n) is 4.42. The third kappa shape index (κ3) is 1.87. The molecule has 2 N–H and O–H groups in total. The van der Waals surface area contributed by atoms with Crippen LogP contribution in [0.15, 0.2) is 12.1 Å². The van der Waals surface area contributed by atoms with Gasteiger partial charge in [0.05, 0.1) is 5.69 Å². The van der Waals surface area contributed by atoms with Crippen LogP contribution in [0.1, 0.15) is 31.2 Å². The van der Waals surface area contributed by atoms with Gasteiger partial charge in [0.15, 0.2) is 11.9 Å². The van der Waals surface area contributed by atoms with E-state index in [0.29, 0.717) is 18.8 Å². The summed E-state index contributed by atoms with van der Waals surface area (Å²) in [7, 11) is 0. The number of pyridine rings is 1. The fraction of sp³-hybridized carbons (Fsp3) is 0.500. The first-order valence-corrected chi connectivity index (χ1v) is 6.15. The van der Waals surface area contributed by atoms with E-state index in [1.54, 1.807) is 10.7 Å². The summed E-state index contributed by atoms with van der Waals surface area (Å²) in [5, 5.41) is 5.21. The van der Waals surface area contributed by atoms with Crippen molar-refractivity contribution in [2.75, 3.05) is 6.61 Å². The minimum Gasteiger partial charge on any atom is -0.356 e. The van der Waals surface area contributed by atoms with Gasteiger partial charge in [0, 0.05) is 18.5 Å². The second-order valence-corrected chi connectivity index (χ2v) is 4.42. The van der Waals surface area contributed by atoms with Crippen LogP contribution >= 0.6 is 0 Å². The molecule has 1 aliphatic heterocycles. The molecule has 1 unspecified atom stereocenters. The van der Waals surface area contributed by atoms with E-state index in [4.69, 9.17) is 10.5 Å². The second kappa shape index (κ2) is 4.62. The van der Waals surface area contributed by atoms with Gasteiger partial charge in [-0.2, -0.15) is 14.5 Å². The van der Waals surface area contributed by atoms with Gasteiger partial charge in [0.1, 0.15) is 0 Å². The van der Waals surface area contributed by atoms with Crippen LogP contribution in [0.5, 0.6) is 0 Å². The van der Waals surface area contributed by atoms with E-state index in [0.717, 1.165) is 30.3 Å². The van der Waals surface area contributed by atoms with Crippen molar-refractivity contribution < 1.29 is 9.13 Å². The Morgan fingerprint density at radius 3 is 3.06 bits per heavy atom. The van der Waals surface area contributed by atoms with Crippen molar-refractivity contribution in [1.29, 1.82) is 0 Å². The third-order valence-corrected chi connectivity index (χ3v) is 3.22. The highest BCUT2D eigenvalue weighted by atomic mass is 19.1. The predicted octanol–water partition coefficient (Wildman–Crippen LogP) is 1.73. The molecule has 0 amide bonds. The third-order valence-electron chi connectivity index (χ3n) is 3.22. The Bertz CT molecular complexity index is 562. The minimum absolute atomic E-state index is 0.157. The van der Waals surface area contributed by atoms with Crippen molar-refractivity contribution in [1.82, 2.24) is 14.8 Å². The Balaban J connectivity index is 2.12. The average molecular weight is 250 g/mol. The van der Waals surface area contributed by atoms with E-state index in [9.17, 15) is 4.39 Å². The highest BCUT2D eigenvalue weighted by molar-refractivity contribution is 5.78. The van der Waals surface area contributed by atoms with Crippen LogP contribution in [0.4, 0.5) is 4.39 Å². The van der Waals surface area contributed by atoms with Gasteiger partial charge >= 0.3 is 0 Å². The van der Waals surface area contributed by atoms with E-state index < -0.39 is 5.95 Å². The average Bonchev–Trinajstić information content (AvgIpc) is 2.77. The van der Waals surface area contributed by atoms with E-state index in [2.05, 4.69) is 10.1 Å². The molecule has 0 spiro atoms. The maximum atomic E-state index is 13.3. The molecular formula is C12H15FN4O. The zero-order valence-corrected chi connectivity index (χ0v) is 9.97. The summed E-state index contributed by atoms with van der Waals surface area (Å²) < 4.78 is 20.6. The lowest BCUT2D eigenvalue weighted by Gasteiger charge is -2.22. The Kier molecular flexibility index (Phi) is 2.97. The summed E-state index contributed by atoms with van der Waals surface area (Å²) in [6.45, 7) is 1.02. The monoisotopic (exact) mass is 250 g/mol.